The number of aryl methyl sites for hydroxylation is 1. The van der Waals surface area contributed by atoms with E-state index in [2.05, 4.69) is 37.5 Å². The number of hydrogen-bond donors (Lipinski definition) is 1. The Labute approximate surface area is 121 Å². The Morgan fingerprint density at radius 2 is 2.29 bits per heavy atom. The molecule has 7 heteroatoms. The van der Waals surface area contributed by atoms with Crippen molar-refractivity contribution in [1.29, 1.82) is 0 Å². The number of anilines is 1. The van der Waals surface area contributed by atoms with Gasteiger partial charge in [0.25, 0.3) is 5.91 Å². The van der Waals surface area contributed by atoms with Crippen LogP contribution in [0.4, 0.5) is 5.69 Å². The lowest BCUT2D eigenvalue weighted by atomic mass is 10.3. The van der Waals surface area contributed by atoms with Crippen LogP contribution in [0.3, 0.4) is 0 Å². The average Bonchev–Trinajstić information content (AvgIpc) is 2.68. The Hall–Kier alpha value is -0.730. The quantitative estimate of drug-likeness (QED) is 0.814. The van der Waals surface area contributed by atoms with E-state index in [9.17, 15) is 4.79 Å². The molecular formula is C10H7ClIN3OS. The first-order valence-electron chi connectivity index (χ1n) is 4.63. The highest BCUT2D eigenvalue weighted by atomic mass is 127. The molecule has 0 aliphatic rings. The predicted octanol–water partition coefficient (Wildman–Crippen LogP) is 3.36. The second-order valence-electron chi connectivity index (χ2n) is 3.27. The number of aromatic nitrogens is 2. The van der Waals surface area contributed by atoms with Crippen molar-refractivity contribution in [1.82, 2.24) is 9.59 Å². The number of nitrogens with one attached hydrogen (secondary N) is 1. The maximum absolute atomic E-state index is 11.9. The number of rotatable bonds is 2. The van der Waals surface area contributed by atoms with E-state index < -0.39 is 0 Å². The molecule has 0 spiro atoms. The molecule has 4 nitrogen and oxygen atoms in total. The molecule has 1 aromatic heterocycles. The van der Waals surface area contributed by atoms with Gasteiger partial charge in [-0.15, -0.1) is 5.10 Å². The van der Waals surface area contributed by atoms with Gasteiger partial charge >= 0.3 is 0 Å². The fourth-order valence-electron chi connectivity index (χ4n) is 1.21. The van der Waals surface area contributed by atoms with Gasteiger partial charge in [0.15, 0.2) is 0 Å². The lowest BCUT2D eigenvalue weighted by molar-refractivity contribution is 0.103. The van der Waals surface area contributed by atoms with Crippen molar-refractivity contribution in [2.75, 3.05) is 5.32 Å². The summed E-state index contributed by atoms with van der Waals surface area (Å²) in [4.78, 5) is 12.4. The number of hydrogen-bond acceptors (Lipinski definition) is 4. The summed E-state index contributed by atoms with van der Waals surface area (Å²) in [5.41, 5.74) is 1.21. The van der Waals surface area contributed by atoms with Crippen LogP contribution < -0.4 is 5.32 Å². The van der Waals surface area contributed by atoms with E-state index in [4.69, 9.17) is 11.6 Å². The highest BCUT2D eigenvalue weighted by Crippen LogP contribution is 2.24. The van der Waals surface area contributed by atoms with Gasteiger partial charge in [-0.3, -0.25) is 4.79 Å². The van der Waals surface area contributed by atoms with E-state index >= 15 is 0 Å². The molecule has 0 fully saturated rings. The topological polar surface area (TPSA) is 54.9 Å². The second-order valence-corrected chi connectivity index (χ2v) is 5.67. The summed E-state index contributed by atoms with van der Waals surface area (Å²) in [5, 5.41) is 7.04. The maximum Gasteiger partial charge on any atom is 0.269 e. The molecule has 0 radical (unpaired) electrons. The van der Waals surface area contributed by atoms with Gasteiger partial charge in [-0.1, -0.05) is 16.1 Å². The summed E-state index contributed by atoms with van der Waals surface area (Å²) in [6.07, 6.45) is 0. The molecule has 1 N–H and O–H groups in total. The molecule has 1 heterocycles. The Balaban J connectivity index is 2.22. The van der Waals surface area contributed by atoms with E-state index in [0.29, 0.717) is 21.3 Å². The maximum atomic E-state index is 11.9. The smallest absolute Gasteiger partial charge is 0.269 e. The average molecular weight is 380 g/mol. The van der Waals surface area contributed by atoms with Gasteiger partial charge in [0.2, 0.25) is 0 Å². The van der Waals surface area contributed by atoms with E-state index in [1.807, 2.05) is 6.07 Å². The van der Waals surface area contributed by atoms with Crippen LogP contribution in [0.15, 0.2) is 18.2 Å². The molecule has 0 unspecified atom stereocenters. The third-order valence-electron chi connectivity index (χ3n) is 2.04. The van der Waals surface area contributed by atoms with Gasteiger partial charge in [0.05, 0.1) is 16.4 Å². The van der Waals surface area contributed by atoms with Crippen molar-refractivity contribution in [3.63, 3.8) is 0 Å². The molecule has 0 saturated heterocycles. The Morgan fingerprint density at radius 1 is 1.53 bits per heavy atom. The summed E-state index contributed by atoms with van der Waals surface area (Å²) < 4.78 is 4.73. The molecule has 2 aromatic rings. The molecular weight excluding hydrogens is 373 g/mol. The van der Waals surface area contributed by atoms with Crippen molar-refractivity contribution in [2.24, 2.45) is 0 Å². The summed E-state index contributed by atoms with van der Waals surface area (Å²) >= 11 is 9.25. The van der Waals surface area contributed by atoms with Crippen LogP contribution in [0, 0.1) is 10.5 Å². The number of halogens is 2. The highest BCUT2D eigenvalue weighted by Gasteiger charge is 2.14. The fourth-order valence-corrected chi connectivity index (χ4v) is 2.66. The zero-order chi connectivity index (χ0) is 12.4. The van der Waals surface area contributed by atoms with Gasteiger partial charge in [0.1, 0.15) is 4.88 Å². The third-order valence-corrected chi connectivity index (χ3v) is 3.85. The van der Waals surface area contributed by atoms with Crippen LogP contribution in [0.2, 0.25) is 5.02 Å². The molecule has 0 saturated carbocycles. The molecule has 1 amide bonds. The van der Waals surface area contributed by atoms with Crippen LogP contribution >= 0.6 is 45.7 Å². The number of amides is 1. The minimum Gasteiger partial charge on any atom is -0.320 e. The van der Waals surface area contributed by atoms with Crippen molar-refractivity contribution in [3.8, 4) is 0 Å². The number of benzene rings is 1. The minimum absolute atomic E-state index is 0.236. The molecule has 88 valence electrons. The van der Waals surface area contributed by atoms with E-state index in [0.717, 1.165) is 15.1 Å². The van der Waals surface area contributed by atoms with Crippen LogP contribution in [0.25, 0.3) is 0 Å². The van der Waals surface area contributed by atoms with Crippen LogP contribution in [-0.4, -0.2) is 15.5 Å². The van der Waals surface area contributed by atoms with Crippen molar-refractivity contribution >= 4 is 57.3 Å². The number of carbonyl (C=O) groups excluding carboxylic acids is 1. The summed E-state index contributed by atoms with van der Waals surface area (Å²) in [5.74, 6) is -0.236. The van der Waals surface area contributed by atoms with Crippen LogP contribution in [-0.2, 0) is 0 Å². The lowest BCUT2D eigenvalue weighted by Gasteiger charge is -2.06. The first-order valence-corrected chi connectivity index (χ1v) is 6.86. The van der Waals surface area contributed by atoms with Crippen molar-refractivity contribution < 1.29 is 4.79 Å². The molecule has 1 aromatic carbocycles. The largest absolute Gasteiger partial charge is 0.320 e. The summed E-state index contributed by atoms with van der Waals surface area (Å²) in [6, 6.07) is 5.43. The van der Waals surface area contributed by atoms with E-state index in [-0.39, 0.29) is 5.91 Å². The Kier molecular flexibility index (Phi) is 3.95. The fraction of sp³-hybridized carbons (Fsp3) is 0.100. The van der Waals surface area contributed by atoms with Gasteiger partial charge in [0, 0.05) is 3.57 Å². The monoisotopic (exact) mass is 379 g/mol. The normalized spacial score (nSPS) is 10.3. The zero-order valence-corrected chi connectivity index (χ0v) is 12.4. The van der Waals surface area contributed by atoms with Gasteiger partial charge < -0.3 is 5.32 Å². The lowest BCUT2D eigenvalue weighted by Crippen LogP contribution is -2.11. The molecule has 0 aliphatic heterocycles. The Bertz CT molecular complexity index is 572. The van der Waals surface area contributed by atoms with Gasteiger partial charge in [-0.2, -0.15) is 0 Å². The van der Waals surface area contributed by atoms with Gasteiger partial charge in [-0.25, -0.2) is 0 Å². The third kappa shape index (κ3) is 2.93. The molecule has 0 bridgehead atoms. The number of carbonyl (C=O) groups is 1. The second kappa shape index (κ2) is 5.28. The number of nitrogens with zero attached hydrogens (tertiary/aromatic N) is 2. The summed E-state index contributed by atoms with van der Waals surface area (Å²) in [7, 11) is 0. The molecule has 17 heavy (non-hydrogen) atoms. The first kappa shape index (κ1) is 12.7. The zero-order valence-electron chi connectivity index (χ0n) is 8.70. The van der Waals surface area contributed by atoms with Crippen molar-refractivity contribution in [3.05, 3.63) is 37.4 Å². The van der Waals surface area contributed by atoms with E-state index in [1.165, 1.54) is 0 Å². The van der Waals surface area contributed by atoms with E-state index in [1.54, 1.807) is 19.1 Å². The molecule has 2 rings (SSSR count). The Morgan fingerprint density at radius 3 is 2.88 bits per heavy atom. The van der Waals surface area contributed by atoms with Crippen LogP contribution in [0.1, 0.15) is 15.4 Å². The SMILES string of the molecule is Cc1nnsc1C(=O)Nc1ccc(I)cc1Cl. The molecule has 0 atom stereocenters. The first-order chi connectivity index (χ1) is 8.08. The van der Waals surface area contributed by atoms with Crippen LogP contribution in [0.5, 0.6) is 0 Å². The predicted molar refractivity (Wildman–Crippen MR) is 76.8 cm³/mol. The minimum atomic E-state index is -0.236. The summed E-state index contributed by atoms with van der Waals surface area (Å²) in [6.45, 7) is 1.74. The molecule has 0 aliphatic carbocycles. The van der Waals surface area contributed by atoms with Crippen molar-refractivity contribution in [2.45, 2.75) is 6.92 Å². The van der Waals surface area contributed by atoms with Gasteiger partial charge in [-0.05, 0) is 59.2 Å². The standard InChI is InChI=1S/C10H7ClIN3OS/c1-5-9(17-15-14-5)10(16)13-8-3-2-6(12)4-7(8)11/h2-4H,1H3,(H,13,16). The highest BCUT2D eigenvalue weighted by molar-refractivity contribution is 14.1.